The van der Waals surface area contributed by atoms with Crippen molar-refractivity contribution in [1.29, 1.82) is 0 Å². The summed E-state index contributed by atoms with van der Waals surface area (Å²) in [7, 11) is -3.60. The number of pyridine rings is 1. The second-order valence-corrected chi connectivity index (χ2v) is 9.42. The van der Waals surface area contributed by atoms with Crippen LogP contribution in [0.2, 0.25) is 0 Å². The molecule has 1 fully saturated rings. The van der Waals surface area contributed by atoms with Crippen LogP contribution in [0.15, 0.2) is 52.1 Å². The van der Waals surface area contributed by atoms with Crippen molar-refractivity contribution in [2.45, 2.75) is 11.8 Å². The van der Waals surface area contributed by atoms with Gasteiger partial charge in [0.1, 0.15) is 0 Å². The molecular weight excluding hydrogens is 462 g/mol. The standard InChI is InChI=1S/C19H20BrN3O5S/c1-14-2-4-17(5-3-14)29(26,27)23-8-6-22(7-9-23)18(24)13-28-19(25)15-10-16(20)12-21-11-15/h2-5,10-12H,6-9,13H2,1H3. The average molecular weight is 482 g/mol. The summed E-state index contributed by atoms with van der Waals surface area (Å²) < 4.78 is 32.5. The molecule has 0 saturated carbocycles. The SMILES string of the molecule is Cc1ccc(S(=O)(=O)N2CCN(C(=O)COC(=O)c3cncc(Br)c3)CC2)cc1. The molecule has 0 N–H and O–H groups in total. The van der Waals surface area contributed by atoms with Gasteiger partial charge in [0.25, 0.3) is 5.91 Å². The maximum absolute atomic E-state index is 12.7. The minimum Gasteiger partial charge on any atom is -0.452 e. The molecule has 0 aliphatic carbocycles. The van der Waals surface area contributed by atoms with Gasteiger partial charge < -0.3 is 9.64 Å². The Morgan fingerprint density at radius 3 is 2.38 bits per heavy atom. The van der Waals surface area contributed by atoms with Crippen LogP contribution in [0.5, 0.6) is 0 Å². The number of nitrogens with zero attached hydrogens (tertiary/aromatic N) is 3. The fraction of sp³-hybridized carbons (Fsp3) is 0.316. The number of benzene rings is 1. The highest BCUT2D eigenvalue weighted by molar-refractivity contribution is 9.10. The molecule has 10 heteroatoms. The van der Waals surface area contributed by atoms with Crippen molar-refractivity contribution in [3.63, 3.8) is 0 Å². The highest BCUT2D eigenvalue weighted by Gasteiger charge is 2.30. The number of rotatable bonds is 5. The van der Waals surface area contributed by atoms with E-state index in [4.69, 9.17) is 4.74 Å². The fourth-order valence-corrected chi connectivity index (χ4v) is 4.65. The zero-order valence-electron chi connectivity index (χ0n) is 15.7. The summed E-state index contributed by atoms with van der Waals surface area (Å²) in [6, 6.07) is 8.22. The number of ether oxygens (including phenoxy) is 1. The number of halogens is 1. The third-order valence-electron chi connectivity index (χ3n) is 4.52. The summed E-state index contributed by atoms with van der Waals surface area (Å²) in [5.74, 6) is -1.01. The molecule has 0 spiro atoms. The Hall–Kier alpha value is -2.30. The Kier molecular flexibility index (Phi) is 6.66. The van der Waals surface area contributed by atoms with Crippen molar-refractivity contribution >= 4 is 37.8 Å². The predicted molar refractivity (Wildman–Crippen MR) is 109 cm³/mol. The molecular formula is C19H20BrN3O5S. The number of esters is 1. The van der Waals surface area contributed by atoms with Crippen molar-refractivity contribution < 1.29 is 22.7 Å². The third kappa shape index (κ3) is 5.20. The van der Waals surface area contributed by atoms with E-state index >= 15 is 0 Å². The van der Waals surface area contributed by atoms with Gasteiger partial charge in [0, 0.05) is 43.0 Å². The van der Waals surface area contributed by atoms with Gasteiger partial charge in [-0.05, 0) is 41.1 Å². The predicted octanol–water partition coefficient (Wildman–Crippen LogP) is 1.84. The minimum atomic E-state index is -3.60. The molecule has 0 unspecified atom stereocenters. The Balaban J connectivity index is 1.53. The molecule has 1 aliphatic rings. The quantitative estimate of drug-likeness (QED) is 0.604. The Labute approximate surface area is 177 Å². The van der Waals surface area contributed by atoms with Gasteiger partial charge in [0.05, 0.1) is 10.5 Å². The molecule has 1 aliphatic heterocycles. The molecule has 1 saturated heterocycles. The van der Waals surface area contributed by atoms with Gasteiger partial charge in [-0.3, -0.25) is 9.78 Å². The molecule has 1 aromatic heterocycles. The average Bonchev–Trinajstić information content (AvgIpc) is 2.72. The molecule has 1 aromatic carbocycles. The van der Waals surface area contributed by atoms with E-state index in [9.17, 15) is 18.0 Å². The van der Waals surface area contributed by atoms with Crippen LogP contribution in [-0.4, -0.2) is 67.3 Å². The first-order chi connectivity index (χ1) is 13.8. The summed E-state index contributed by atoms with van der Waals surface area (Å²) in [5.41, 5.74) is 1.22. The zero-order chi connectivity index (χ0) is 21.0. The Morgan fingerprint density at radius 1 is 1.10 bits per heavy atom. The lowest BCUT2D eigenvalue weighted by Crippen LogP contribution is -2.51. The van der Waals surface area contributed by atoms with E-state index in [2.05, 4.69) is 20.9 Å². The van der Waals surface area contributed by atoms with E-state index in [1.54, 1.807) is 30.3 Å². The summed E-state index contributed by atoms with van der Waals surface area (Å²) in [6.45, 7) is 2.33. The largest absolute Gasteiger partial charge is 0.452 e. The molecule has 0 radical (unpaired) electrons. The van der Waals surface area contributed by atoms with Crippen LogP contribution < -0.4 is 0 Å². The highest BCUT2D eigenvalue weighted by Crippen LogP contribution is 2.18. The number of hydrogen-bond acceptors (Lipinski definition) is 6. The lowest BCUT2D eigenvalue weighted by Gasteiger charge is -2.33. The van der Waals surface area contributed by atoms with Crippen LogP contribution in [0.4, 0.5) is 0 Å². The van der Waals surface area contributed by atoms with E-state index in [-0.39, 0.29) is 42.5 Å². The second-order valence-electron chi connectivity index (χ2n) is 6.57. The van der Waals surface area contributed by atoms with Crippen LogP contribution in [0, 0.1) is 6.92 Å². The molecule has 8 nitrogen and oxygen atoms in total. The summed E-state index contributed by atoms with van der Waals surface area (Å²) in [4.78, 5) is 29.9. The first-order valence-corrected chi connectivity index (χ1v) is 11.1. The molecule has 29 heavy (non-hydrogen) atoms. The normalized spacial score (nSPS) is 15.2. The van der Waals surface area contributed by atoms with Crippen LogP contribution >= 0.6 is 15.9 Å². The van der Waals surface area contributed by atoms with E-state index < -0.39 is 22.6 Å². The maximum atomic E-state index is 12.7. The smallest absolute Gasteiger partial charge is 0.340 e. The van der Waals surface area contributed by atoms with Crippen molar-refractivity contribution in [3.05, 3.63) is 58.3 Å². The van der Waals surface area contributed by atoms with E-state index in [0.717, 1.165) is 5.56 Å². The monoisotopic (exact) mass is 481 g/mol. The van der Waals surface area contributed by atoms with Crippen LogP contribution in [0.3, 0.4) is 0 Å². The molecule has 154 valence electrons. The van der Waals surface area contributed by atoms with Gasteiger partial charge in [-0.1, -0.05) is 17.7 Å². The molecule has 3 rings (SSSR count). The lowest BCUT2D eigenvalue weighted by atomic mass is 10.2. The minimum absolute atomic E-state index is 0.186. The van der Waals surface area contributed by atoms with Crippen molar-refractivity contribution in [3.8, 4) is 0 Å². The topological polar surface area (TPSA) is 96.9 Å². The molecule has 0 atom stereocenters. The molecule has 2 aromatic rings. The number of aryl methyl sites for hydroxylation is 1. The third-order valence-corrected chi connectivity index (χ3v) is 6.86. The van der Waals surface area contributed by atoms with Gasteiger partial charge in [0.2, 0.25) is 10.0 Å². The number of aromatic nitrogens is 1. The maximum Gasteiger partial charge on any atom is 0.340 e. The van der Waals surface area contributed by atoms with E-state index in [0.29, 0.717) is 4.47 Å². The van der Waals surface area contributed by atoms with Gasteiger partial charge in [-0.15, -0.1) is 0 Å². The second kappa shape index (κ2) is 9.02. The van der Waals surface area contributed by atoms with Crippen LogP contribution in [-0.2, 0) is 19.6 Å². The highest BCUT2D eigenvalue weighted by atomic mass is 79.9. The van der Waals surface area contributed by atoms with Crippen LogP contribution in [0.25, 0.3) is 0 Å². The van der Waals surface area contributed by atoms with Gasteiger partial charge in [-0.25, -0.2) is 13.2 Å². The van der Waals surface area contributed by atoms with E-state index in [1.807, 2.05) is 6.92 Å². The summed E-state index contributed by atoms with van der Waals surface area (Å²) in [6.07, 6.45) is 2.89. The van der Waals surface area contributed by atoms with Crippen LogP contribution in [0.1, 0.15) is 15.9 Å². The fourth-order valence-electron chi connectivity index (χ4n) is 2.86. The number of hydrogen-bond donors (Lipinski definition) is 0. The Bertz CT molecular complexity index is 1000. The number of amides is 1. The number of carbonyl (C=O) groups is 2. The molecule has 1 amide bonds. The van der Waals surface area contributed by atoms with Gasteiger partial charge in [-0.2, -0.15) is 4.31 Å². The van der Waals surface area contributed by atoms with Crippen molar-refractivity contribution in [2.24, 2.45) is 0 Å². The van der Waals surface area contributed by atoms with Gasteiger partial charge >= 0.3 is 5.97 Å². The van der Waals surface area contributed by atoms with E-state index in [1.165, 1.54) is 21.6 Å². The number of piperazine rings is 1. The molecule has 0 bridgehead atoms. The molecule has 2 heterocycles. The van der Waals surface area contributed by atoms with Crippen molar-refractivity contribution in [1.82, 2.24) is 14.2 Å². The zero-order valence-corrected chi connectivity index (χ0v) is 18.1. The van der Waals surface area contributed by atoms with Gasteiger partial charge in [0.15, 0.2) is 6.61 Å². The lowest BCUT2D eigenvalue weighted by molar-refractivity contribution is -0.135. The summed E-state index contributed by atoms with van der Waals surface area (Å²) in [5, 5.41) is 0. The van der Waals surface area contributed by atoms with Crippen molar-refractivity contribution in [2.75, 3.05) is 32.8 Å². The Morgan fingerprint density at radius 2 is 1.76 bits per heavy atom. The first kappa shape index (κ1) is 21.4. The summed E-state index contributed by atoms with van der Waals surface area (Å²) >= 11 is 3.22. The number of carbonyl (C=O) groups excluding carboxylic acids is 2. The number of sulfonamides is 1. The first-order valence-electron chi connectivity index (χ1n) is 8.89.